The molecule has 3 unspecified atom stereocenters. The van der Waals surface area contributed by atoms with Crippen molar-refractivity contribution in [3.8, 4) is 17.2 Å². The van der Waals surface area contributed by atoms with Crippen LogP contribution in [0.5, 0.6) is 17.2 Å². The van der Waals surface area contributed by atoms with Crippen molar-refractivity contribution in [2.45, 2.75) is 45.2 Å². The zero-order chi connectivity index (χ0) is 36.8. The lowest BCUT2D eigenvalue weighted by molar-refractivity contribution is -0.0246. The summed E-state index contributed by atoms with van der Waals surface area (Å²) >= 11 is 0. The van der Waals surface area contributed by atoms with Gasteiger partial charge in [0.25, 0.3) is 0 Å². The summed E-state index contributed by atoms with van der Waals surface area (Å²) in [6, 6.07) is 36.2. The maximum absolute atomic E-state index is 12.7. The molecule has 5 aromatic rings. The summed E-state index contributed by atoms with van der Waals surface area (Å²) in [5.74, 6) is 2.31. The molecule has 6 rings (SSSR count). The number of para-hydroxylation sites is 1. The van der Waals surface area contributed by atoms with Gasteiger partial charge in [-0.2, -0.15) is 0 Å². The van der Waals surface area contributed by atoms with Crippen molar-refractivity contribution in [1.82, 2.24) is 5.32 Å². The van der Waals surface area contributed by atoms with Crippen LogP contribution in [0.1, 0.15) is 40.2 Å². The number of carbonyl (C=O) groups is 1. The molecule has 1 fully saturated rings. The Kier molecular flexibility index (Phi) is 13.6. The molecule has 1 saturated heterocycles. The second-order valence-electron chi connectivity index (χ2n) is 13.3. The molecule has 1 N–H and O–H groups in total. The monoisotopic (exact) mass is 719 g/mol. The van der Waals surface area contributed by atoms with Crippen molar-refractivity contribution >= 4 is 16.9 Å². The van der Waals surface area contributed by atoms with E-state index in [1.807, 2.05) is 85.8 Å². The normalized spacial score (nSPS) is 16.9. The first-order valence-corrected chi connectivity index (χ1v) is 18.2. The Morgan fingerprint density at radius 3 is 2.38 bits per heavy atom. The van der Waals surface area contributed by atoms with Gasteiger partial charge in [-0.1, -0.05) is 84.4 Å². The average Bonchev–Trinajstić information content (AvgIpc) is 3.19. The Morgan fingerprint density at radius 1 is 0.736 bits per heavy atom. The van der Waals surface area contributed by atoms with Crippen LogP contribution in [0.3, 0.4) is 0 Å². The number of nitrogens with one attached hydrogen (secondary N) is 1. The molecule has 0 radical (unpaired) electrons. The van der Waals surface area contributed by atoms with Crippen LogP contribution < -0.4 is 19.5 Å². The van der Waals surface area contributed by atoms with Gasteiger partial charge < -0.3 is 38.5 Å². The summed E-state index contributed by atoms with van der Waals surface area (Å²) in [5.41, 5.74) is 5.15. The highest BCUT2D eigenvalue weighted by Crippen LogP contribution is 2.35. The number of fused-ring (bicyclic) bond motifs is 1. The lowest BCUT2D eigenvalue weighted by Gasteiger charge is -2.38. The number of rotatable bonds is 17. The van der Waals surface area contributed by atoms with Crippen LogP contribution in [-0.4, -0.2) is 59.4 Å². The first kappa shape index (κ1) is 37.7. The SMILES string of the molecule is COc1ccccc1COCCCOc1ccc(C2C(COC(=O)OCc3cccc(C)c3)CNCC2OCc2cc(OC)c3ccccc3c2)cc1. The Hall–Kier alpha value is -5.09. The van der Waals surface area contributed by atoms with Crippen molar-refractivity contribution in [2.75, 3.05) is 47.1 Å². The molecule has 5 aromatic carbocycles. The summed E-state index contributed by atoms with van der Waals surface area (Å²) in [7, 11) is 3.35. The molecule has 1 aliphatic rings. The number of aryl methyl sites for hydroxylation is 1. The molecule has 9 heteroatoms. The number of hydrogen-bond donors (Lipinski definition) is 1. The van der Waals surface area contributed by atoms with E-state index in [-0.39, 0.29) is 31.2 Å². The molecule has 0 bridgehead atoms. The third-order valence-corrected chi connectivity index (χ3v) is 9.50. The Labute approximate surface area is 312 Å². The standard InChI is InChI=1S/C44H49NO8/c1-31-10-8-11-32(22-31)27-52-44(46)53-30-37-25-45-26-42(51-28-33-23-35-12-4-6-14-39(35)41(24-33)48-3)43(37)34-16-18-38(19-17-34)50-21-9-20-49-29-36-13-5-7-15-40(36)47-2/h4-8,10-19,22-24,37,42-43,45H,9,20-21,25-30H2,1-3H3. The van der Waals surface area contributed by atoms with E-state index in [9.17, 15) is 4.79 Å². The van der Waals surface area contributed by atoms with Gasteiger partial charge in [-0.25, -0.2) is 4.79 Å². The predicted octanol–water partition coefficient (Wildman–Crippen LogP) is 8.39. The number of hydrogen-bond acceptors (Lipinski definition) is 9. The van der Waals surface area contributed by atoms with Crippen LogP contribution >= 0.6 is 0 Å². The minimum Gasteiger partial charge on any atom is -0.496 e. The lowest BCUT2D eigenvalue weighted by Crippen LogP contribution is -2.48. The molecule has 53 heavy (non-hydrogen) atoms. The second-order valence-corrected chi connectivity index (χ2v) is 13.3. The van der Waals surface area contributed by atoms with Crippen molar-refractivity contribution in [3.05, 3.63) is 137 Å². The van der Waals surface area contributed by atoms with Gasteiger partial charge in [-0.05, 0) is 59.3 Å². The number of benzene rings is 5. The number of ether oxygens (including phenoxy) is 7. The largest absolute Gasteiger partial charge is 0.508 e. The van der Waals surface area contributed by atoms with Gasteiger partial charge in [-0.15, -0.1) is 0 Å². The zero-order valence-corrected chi connectivity index (χ0v) is 30.8. The van der Waals surface area contributed by atoms with Crippen molar-refractivity contribution in [3.63, 3.8) is 0 Å². The molecule has 0 spiro atoms. The van der Waals surface area contributed by atoms with E-state index < -0.39 is 6.16 Å². The van der Waals surface area contributed by atoms with Crippen LogP contribution in [0, 0.1) is 12.8 Å². The molecule has 9 nitrogen and oxygen atoms in total. The fourth-order valence-corrected chi connectivity index (χ4v) is 6.87. The minimum atomic E-state index is -0.688. The van der Waals surface area contributed by atoms with E-state index in [1.165, 1.54) is 0 Å². The van der Waals surface area contributed by atoms with Crippen molar-refractivity contribution < 1.29 is 38.0 Å². The van der Waals surface area contributed by atoms with Gasteiger partial charge in [0.15, 0.2) is 0 Å². The molecular weight excluding hydrogens is 670 g/mol. The third-order valence-electron chi connectivity index (χ3n) is 9.50. The maximum atomic E-state index is 12.7. The van der Waals surface area contributed by atoms with Crippen LogP contribution in [0.15, 0.2) is 109 Å². The summed E-state index contributed by atoms with van der Waals surface area (Å²) in [6.07, 6.45) is -0.127. The molecule has 0 aliphatic carbocycles. The molecule has 1 aliphatic heterocycles. The van der Waals surface area contributed by atoms with Crippen LogP contribution in [0.25, 0.3) is 10.8 Å². The molecule has 0 saturated carbocycles. The molecule has 0 amide bonds. The second kappa shape index (κ2) is 19.1. The average molecular weight is 720 g/mol. The van der Waals surface area contributed by atoms with Crippen LogP contribution in [-0.2, 0) is 38.8 Å². The Bertz CT molecular complexity index is 1910. The van der Waals surface area contributed by atoms with Crippen molar-refractivity contribution in [1.29, 1.82) is 0 Å². The summed E-state index contributed by atoms with van der Waals surface area (Å²) in [5, 5.41) is 5.66. The summed E-state index contributed by atoms with van der Waals surface area (Å²) in [6.45, 7) is 5.64. The maximum Gasteiger partial charge on any atom is 0.508 e. The quantitative estimate of drug-likeness (QED) is 0.0752. The van der Waals surface area contributed by atoms with E-state index in [0.717, 1.165) is 62.3 Å². The fraction of sp³-hybridized carbons (Fsp3) is 0.341. The van der Waals surface area contributed by atoms with Crippen LogP contribution in [0.4, 0.5) is 4.79 Å². The minimum absolute atomic E-state index is 0.0550. The highest BCUT2D eigenvalue weighted by molar-refractivity contribution is 5.89. The van der Waals surface area contributed by atoms with E-state index in [1.54, 1.807) is 14.2 Å². The zero-order valence-electron chi connectivity index (χ0n) is 30.8. The molecule has 1 heterocycles. The van der Waals surface area contributed by atoms with Gasteiger partial charge in [0, 0.05) is 42.3 Å². The summed E-state index contributed by atoms with van der Waals surface area (Å²) < 4.78 is 40.9. The van der Waals surface area contributed by atoms with E-state index in [2.05, 4.69) is 35.6 Å². The first-order chi connectivity index (χ1) is 26.0. The molecule has 3 atom stereocenters. The van der Waals surface area contributed by atoms with Gasteiger partial charge in [0.1, 0.15) is 23.9 Å². The van der Waals surface area contributed by atoms with Crippen LogP contribution in [0.2, 0.25) is 0 Å². The Morgan fingerprint density at radius 2 is 1.55 bits per heavy atom. The molecule has 0 aromatic heterocycles. The smallest absolute Gasteiger partial charge is 0.496 e. The van der Waals surface area contributed by atoms with Gasteiger partial charge in [-0.3, -0.25) is 0 Å². The fourth-order valence-electron chi connectivity index (χ4n) is 6.87. The molecule has 278 valence electrons. The third kappa shape index (κ3) is 10.5. The summed E-state index contributed by atoms with van der Waals surface area (Å²) in [4.78, 5) is 12.7. The molecular formula is C44H49NO8. The van der Waals surface area contributed by atoms with E-state index in [4.69, 9.17) is 33.2 Å². The number of carbonyl (C=O) groups excluding carboxylic acids is 1. The van der Waals surface area contributed by atoms with Gasteiger partial charge in [0.05, 0.1) is 53.4 Å². The highest BCUT2D eigenvalue weighted by atomic mass is 16.7. The Balaban J connectivity index is 1.09. The van der Waals surface area contributed by atoms with Crippen molar-refractivity contribution in [2.24, 2.45) is 5.92 Å². The predicted molar refractivity (Wildman–Crippen MR) is 205 cm³/mol. The van der Waals surface area contributed by atoms with Gasteiger partial charge in [0.2, 0.25) is 0 Å². The van der Waals surface area contributed by atoms with E-state index >= 15 is 0 Å². The first-order valence-electron chi connectivity index (χ1n) is 18.2. The number of piperidine rings is 1. The van der Waals surface area contributed by atoms with Gasteiger partial charge >= 0.3 is 6.16 Å². The topological polar surface area (TPSA) is 93.7 Å². The lowest BCUT2D eigenvalue weighted by atomic mass is 9.79. The number of methoxy groups -OCH3 is 2. The highest BCUT2D eigenvalue weighted by Gasteiger charge is 2.36. The van der Waals surface area contributed by atoms with E-state index in [0.29, 0.717) is 39.5 Å².